The number of rotatable bonds is 10. The molecule has 0 saturated carbocycles. The Hall–Kier alpha value is -2.15. The van der Waals surface area contributed by atoms with Crippen molar-refractivity contribution in [1.29, 1.82) is 0 Å². The van der Waals surface area contributed by atoms with Gasteiger partial charge in [-0.2, -0.15) is 0 Å². The van der Waals surface area contributed by atoms with Gasteiger partial charge in [0.15, 0.2) is 0 Å². The molecule has 0 aliphatic carbocycles. The summed E-state index contributed by atoms with van der Waals surface area (Å²) >= 11 is 0. The molecule has 0 aliphatic rings. The minimum atomic E-state index is -0.842. The van der Waals surface area contributed by atoms with E-state index in [1.165, 1.54) is 0 Å². The number of ether oxygens (including phenoxy) is 1. The van der Waals surface area contributed by atoms with Crippen LogP contribution in [0.4, 0.5) is 0 Å². The number of nitrogens with two attached hydrogens (primary N) is 1. The van der Waals surface area contributed by atoms with Crippen LogP contribution >= 0.6 is 0 Å². The smallest absolute Gasteiger partial charge is 0.322 e. The highest BCUT2D eigenvalue weighted by atomic mass is 16.9. The van der Waals surface area contributed by atoms with E-state index in [1.807, 2.05) is 30.3 Å². The molecule has 7 nitrogen and oxygen atoms in total. The molecule has 7 heteroatoms. The predicted molar refractivity (Wildman–Crippen MR) is 75.9 cm³/mol. The number of nitrogens with zero attached hydrogens (tertiary/aromatic N) is 1. The van der Waals surface area contributed by atoms with Crippen molar-refractivity contribution in [2.75, 3.05) is 13.2 Å². The third kappa shape index (κ3) is 7.88. The highest BCUT2D eigenvalue weighted by Crippen LogP contribution is 2.05. The topological polar surface area (TPSA) is 105 Å². The standard InChI is InChI=1S/C14H20N2O5/c15-13(9-8-12-6-2-1-3-7-12)14(17)20-10-4-5-11-21-16(18)19/h1-3,6-7,13H,4-5,8-11,15H2/t13-/m0/s1. The van der Waals surface area contributed by atoms with Crippen LogP contribution in [0.3, 0.4) is 0 Å². The van der Waals surface area contributed by atoms with Crippen molar-refractivity contribution in [3.63, 3.8) is 0 Å². The van der Waals surface area contributed by atoms with E-state index in [9.17, 15) is 14.9 Å². The number of carbonyl (C=O) groups is 1. The lowest BCUT2D eigenvalue weighted by atomic mass is 10.1. The van der Waals surface area contributed by atoms with Crippen LogP contribution in [-0.2, 0) is 20.8 Å². The summed E-state index contributed by atoms with van der Waals surface area (Å²) in [5, 5.41) is 9.06. The van der Waals surface area contributed by atoms with Crippen LogP contribution in [-0.4, -0.2) is 30.3 Å². The first kappa shape index (κ1) is 16.9. The fourth-order valence-electron chi connectivity index (χ4n) is 1.71. The molecule has 1 rings (SSSR count). The lowest BCUT2D eigenvalue weighted by Gasteiger charge is -2.11. The second kappa shape index (κ2) is 9.71. The van der Waals surface area contributed by atoms with Crippen LogP contribution in [0.5, 0.6) is 0 Å². The van der Waals surface area contributed by atoms with Crippen molar-refractivity contribution in [3.05, 3.63) is 46.0 Å². The summed E-state index contributed by atoms with van der Waals surface area (Å²) < 4.78 is 5.01. The molecule has 21 heavy (non-hydrogen) atoms. The predicted octanol–water partition coefficient (Wildman–Crippen LogP) is 1.48. The van der Waals surface area contributed by atoms with E-state index in [-0.39, 0.29) is 13.2 Å². The first-order chi connectivity index (χ1) is 10.1. The number of hydrogen-bond acceptors (Lipinski definition) is 6. The summed E-state index contributed by atoms with van der Waals surface area (Å²) in [5.74, 6) is -0.443. The Balaban J connectivity index is 2.09. The molecule has 1 aromatic rings. The van der Waals surface area contributed by atoms with Gasteiger partial charge in [-0.15, -0.1) is 10.1 Å². The third-order valence-electron chi connectivity index (χ3n) is 2.87. The molecule has 116 valence electrons. The summed E-state index contributed by atoms with van der Waals surface area (Å²) in [7, 11) is 0. The average molecular weight is 296 g/mol. The molecule has 0 bridgehead atoms. The van der Waals surface area contributed by atoms with Crippen molar-refractivity contribution in [2.24, 2.45) is 5.73 Å². The van der Waals surface area contributed by atoms with Crippen molar-refractivity contribution < 1.29 is 19.5 Å². The molecule has 1 aromatic carbocycles. The van der Waals surface area contributed by atoms with E-state index in [2.05, 4.69) is 4.84 Å². The van der Waals surface area contributed by atoms with Gasteiger partial charge in [-0.25, -0.2) is 0 Å². The molecule has 0 spiro atoms. The summed E-state index contributed by atoms with van der Waals surface area (Å²) in [5.41, 5.74) is 6.88. The Bertz CT molecular complexity index is 438. The summed E-state index contributed by atoms with van der Waals surface area (Å²) in [6.45, 7) is 0.198. The van der Waals surface area contributed by atoms with Gasteiger partial charge in [0.05, 0.1) is 13.2 Å². The van der Waals surface area contributed by atoms with Crippen molar-refractivity contribution in [2.45, 2.75) is 31.7 Å². The number of esters is 1. The summed E-state index contributed by atoms with van der Waals surface area (Å²) in [6.07, 6.45) is 2.19. The maximum absolute atomic E-state index is 11.6. The molecular formula is C14H20N2O5. The molecule has 0 unspecified atom stereocenters. The number of carbonyl (C=O) groups excluding carboxylic acids is 1. The highest BCUT2D eigenvalue weighted by Gasteiger charge is 2.14. The van der Waals surface area contributed by atoms with Crippen LogP contribution in [0.1, 0.15) is 24.8 Å². The van der Waals surface area contributed by atoms with Crippen molar-refractivity contribution in [3.8, 4) is 0 Å². The molecule has 0 amide bonds. The summed E-state index contributed by atoms with van der Waals surface area (Å²) in [6, 6.07) is 9.11. The summed E-state index contributed by atoms with van der Waals surface area (Å²) in [4.78, 5) is 25.7. The van der Waals surface area contributed by atoms with Gasteiger partial charge in [0.25, 0.3) is 5.09 Å². The normalized spacial score (nSPS) is 11.7. The lowest BCUT2D eigenvalue weighted by molar-refractivity contribution is -0.757. The Morgan fingerprint density at radius 3 is 2.57 bits per heavy atom. The Morgan fingerprint density at radius 1 is 1.24 bits per heavy atom. The van der Waals surface area contributed by atoms with Crippen LogP contribution < -0.4 is 5.73 Å². The molecular weight excluding hydrogens is 276 g/mol. The van der Waals surface area contributed by atoms with Gasteiger partial charge in [-0.05, 0) is 31.2 Å². The molecule has 0 radical (unpaired) electrons. The van der Waals surface area contributed by atoms with Crippen molar-refractivity contribution in [1.82, 2.24) is 0 Å². The van der Waals surface area contributed by atoms with Gasteiger partial charge < -0.3 is 15.3 Å². The van der Waals surface area contributed by atoms with E-state index in [0.29, 0.717) is 25.7 Å². The van der Waals surface area contributed by atoms with Crippen LogP contribution in [0.25, 0.3) is 0 Å². The molecule has 0 saturated heterocycles. The Labute approximate surface area is 123 Å². The third-order valence-corrected chi connectivity index (χ3v) is 2.87. The first-order valence-electron chi connectivity index (χ1n) is 6.83. The minimum Gasteiger partial charge on any atom is -0.465 e. The molecule has 0 aromatic heterocycles. The van der Waals surface area contributed by atoms with Crippen molar-refractivity contribution >= 4 is 5.97 Å². The monoisotopic (exact) mass is 296 g/mol. The SMILES string of the molecule is N[C@@H](CCc1ccccc1)C(=O)OCCCCO[N+](=O)[O-]. The Morgan fingerprint density at radius 2 is 1.90 bits per heavy atom. The number of benzene rings is 1. The zero-order valence-corrected chi connectivity index (χ0v) is 11.8. The number of aryl methyl sites for hydroxylation is 1. The van der Waals surface area contributed by atoms with Crippen LogP contribution in [0.15, 0.2) is 30.3 Å². The van der Waals surface area contributed by atoms with E-state index in [0.717, 1.165) is 5.56 Å². The zero-order valence-electron chi connectivity index (χ0n) is 11.8. The molecule has 2 N–H and O–H groups in total. The minimum absolute atomic E-state index is 0.00457. The van der Waals surface area contributed by atoms with Gasteiger partial charge in [-0.3, -0.25) is 4.79 Å². The first-order valence-corrected chi connectivity index (χ1v) is 6.83. The molecule has 0 aliphatic heterocycles. The second-order valence-electron chi connectivity index (χ2n) is 4.56. The van der Waals surface area contributed by atoms with E-state index >= 15 is 0 Å². The Kier molecular flexibility index (Phi) is 7.81. The van der Waals surface area contributed by atoms with Crippen LogP contribution in [0, 0.1) is 10.1 Å². The zero-order chi connectivity index (χ0) is 15.5. The van der Waals surface area contributed by atoms with E-state index in [4.69, 9.17) is 10.5 Å². The number of unbranched alkanes of at least 4 members (excludes halogenated alkanes) is 1. The lowest BCUT2D eigenvalue weighted by Crippen LogP contribution is -2.33. The number of hydrogen-bond donors (Lipinski definition) is 1. The average Bonchev–Trinajstić information content (AvgIpc) is 2.48. The van der Waals surface area contributed by atoms with E-state index < -0.39 is 17.1 Å². The fourth-order valence-corrected chi connectivity index (χ4v) is 1.71. The van der Waals surface area contributed by atoms with Gasteiger partial charge in [0, 0.05) is 0 Å². The quantitative estimate of drug-likeness (QED) is 0.303. The fraction of sp³-hybridized carbons (Fsp3) is 0.500. The van der Waals surface area contributed by atoms with E-state index in [1.54, 1.807) is 0 Å². The van der Waals surface area contributed by atoms with Gasteiger partial charge >= 0.3 is 5.97 Å². The van der Waals surface area contributed by atoms with Gasteiger partial charge in [-0.1, -0.05) is 30.3 Å². The molecule has 0 heterocycles. The molecule has 1 atom stereocenters. The maximum Gasteiger partial charge on any atom is 0.322 e. The largest absolute Gasteiger partial charge is 0.465 e. The second-order valence-corrected chi connectivity index (χ2v) is 4.56. The highest BCUT2D eigenvalue weighted by molar-refractivity contribution is 5.75. The maximum atomic E-state index is 11.6. The van der Waals surface area contributed by atoms with Gasteiger partial charge in [0.1, 0.15) is 6.04 Å². The van der Waals surface area contributed by atoms with Gasteiger partial charge in [0.2, 0.25) is 0 Å². The molecule has 0 fully saturated rings. The van der Waals surface area contributed by atoms with Crippen LogP contribution in [0.2, 0.25) is 0 Å².